The van der Waals surface area contributed by atoms with Crippen LogP contribution < -0.4 is 0 Å². The fourth-order valence-corrected chi connectivity index (χ4v) is 2.16. The summed E-state index contributed by atoms with van der Waals surface area (Å²) in [6, 6.07) is 8.13. The van der Waals surface area contributed by atoms with Crippen molar-refractivity contribution in [1.29, 1.82) is 0 Å². The number of aliphatic hydroxyl groups is 1. The van der Waals surface area contributed by atoms with E-state index in [2.05, 4.69) is 37.9 Å². The third kappa shape index (κ3) is 5.94. The summed E-state index contributed by atoms with van der Waals surface area (Å²) in [6.07, 6.45) is 1.70. The van der Waals surface area contributed by atoms with Crippen LogP contribution in [0.4, 0.5) is 0 Å². The number of nitrogens with zero attached hydrogens (tertiary/aromatic N) is 1. The molecule has 19 heavy (non-hydrogen) atoms. The van der Waals surface area contributed by atoms with Gasteiger partial charge in [0.25, 0.3) is 0 Å². The minimum atomic E-state index is -0.216. The maximum Gasteiger partial charge on any atom is 0.0524 e. The van der Waals surface area contributed by atoms with Crippen LogP contribution in [0.2, 0.25) is 5.02 Å². The maximum atomic E-state index is 9.29. The molecule has 2 nitrogen and oxygen atoms in total. The highest BCUT2D eigenvalue weighted by Crippen LogP contribution is 2.28. The van der Waals surface area contributed by atoms with Crippen LogP contribution >= 0.6 is 11.6 Å². The van der Waals surface area contributed by atoms with E-state index < -0.39 is 0 Å². The molecule has 0 spiro atoms. The molecule has 0 aliphatic heterocycles. The van der Waals surface area contributed by atoms with Gasteiger partial charge in [-0.15, -0.1) is 0 Å². The fourth-order valence-electron chi connectivity index (χ4n) is 2.03. The van der Waals surface area contributed by atoms with Crippen molar-refractivity contribution in [3.05, 3.63) is 34.9 Å². The highest BCUT2D eigenvalue weighted by atomic mass is 35.5. The Morgan fingerprint density at radius 1 is 1.21 bits per heavy atom. The summed E-state index contributed by atoms with van der Waals surface area (Å²) in [5.74, 6) is 0. The standard InChI is InChI=1S/C16H26ClNO/c1-13(19)9-11-18(4)12-10-16(2,3)14-5-7-15(17)8-6-14/h5-8,13,19H,9-12H2,1-4H3. The van der Waals surface area contributed by atoms with Crippen molar-refractivity contribution in [2.24, 2.45) is 0 Å². The normalized spacial score (nSPS) is 13.8. The van der Waals surface area contributed by atoms with E-state index in [1.54, 1.807) is 0 Å². The van der Waals surface area contributed by atoms with Gasteiger partial charge in [0, 0.05) is 11.6 Å². The van der Waals surface area contributed by atoms with Gasteiger partial charge in [-0.05, 0) is 56.5 Å². The lowest BCUT2D eigenvalue weighted by Gasteiger charge is -2.28. The molecule has 1 rings (SSSR count). The van der Waals surface area contributed by atoms with Gasteiger partial charge in [-0.1, -0.05) is 37.6 Å². The minimum Gasteiger partial charge on any atom is -0.393 e. The number of rotatable bonds is 7. The van der Waals surface area contributed by atoms with Crippen LogP contribution in [-0.2, 0) is 5.41 Å². The molecule has 0 saturated carbocycles. The molecule has 1 aromatic rings. The zero-order valence-corrected chi connectivity index (χ0v) is 13.2. The summed E-state index contributed by atoms with van der Waals surface area (Å²) in [5.41, 5.74) is 1.46. The van der Waals surface area contributed by atoms with Gasteiger partial charge in [0.15, 0.2) is 0 Å². The van der Waals surface area contributed by atoms with Crippen molar-refractivity contribution in [2.75, 3.05) is 20.1 Å². The Hall–Kier alpha value is -0.570. The van der Waals surface area contributed by atoms with E-state index in [1.165, 1.54) is 5.56 Å². The van der Waals surface area contributed by atoms with Crippen LogP contribution in [0.25, 0.3) is 0 Å². The summed E-state index contributed by atoms with van der Waals surface area (Å²) in [4.78, 5) is 2.28. The molecule has 1 atom stereocenters. The van der Waals surface area contributed by atoms with Gasteiger partial charge < -0.3 is 10.0 Å². The third-order valence-electron chi connectivity index (χ3n) is 3.67. The number of benzene rings is 1. The van der Waals surface area contributed by atoms with Crippen molar-refractivity contribution in [3.8, 4) is 0 Å². The molecular formula is C16H26ClNO. The van der Waals surface area contributed by atoms with Gasteiger partial charge in [0.1, 0.15) is 0 Å². The van der Waals surface area contributed by atoms with Crippen molar-refractivity contribution in [1.82, 2.24) is 4.90 Å². The van der Waals surface area contributed by atoms with E-state index in [9.17, 15) is 5.11 Å². The zero-order valence-electron chi connectivity index (χ0n) is 12.5. The molecule has 3 heteroatoms. The van der Waals surface area contributed by atoms with Gasteiger partial charge in [-0.25, -0.2) is 0 Å². The summed E-state index contributed by atoms with van der Waals surface area (Å²) in [5, 5.41) is 10.1. The molecule has 1 unspecified atom stereocenters. The lowest BCUT2D eigenvalue weighted by atomic mass is 9.81. The second-order valence-corrected chi connectivity index (χ2v) is 6.52. The Morgan fingerprint density at radius 3 is 2.32 bits per heavy atom. The topological polar surface area (TPSA) is 23.5 Å². The SMILES string of the molecule is CC(O)CCN(C)CCC(C)(C)c1ccc(Cl)cc1. The highest BCUT2D eigenvalue weighted by Gasteiger charge is 2.20. The lowest BCUT2D eigenvalue weighted by Crippen LogP contribution is -2.29. The summed E-state index contributed by atoms with van der Waals surface area (Å²) in [7, 11) is 2.11. The van der Waals surface area contributed by atoms with Gasteiger partial charge in [0.05, 0.1) is 6.10 Å². The second kappa shape index (κ2) is 7.28. The van der Waals surface area contributed by atoms with Crippen LogP contribution in [0.3, 0.4) is 0 Å². The highest BCUT2D eigenvalue weighted by molar-refractivity contribution is 6.30. The van der Waals surface area contributed by atoms with Crippen molar-refractivity contribution < 1.29 is 5.11 Å². The van der Waals surface area contributed by atoms with Crippen molar-refractivity contribution in [2.45, 2.75) is 45.1 Å². The molecule has 0 aromatic heterocycles. The van der Waals surface area contributed by atoms with Gasteiger partial charge in [-0.3, -0.25) is 0 Å². The first-order valence-electron chi connectivity index (χ1n) is 6.94. The third-order valence-corrected chi connectivity index (χ3v) is 3.92. The van der Waals surface area contributed by atoms with Crippen molar-refractivity contribution in [3.63, 3.8) is 0 Å². The van der Waals surface area contributed by atoms with Gasteiger partial charge in [-0.2, -0.15) is 0 Å². The van der Waals surface area contributed by atoms with E-state index >= 15 is 0 Å². The molecule has 108 valence electrons. The maximum absolute atomic E-state index is 9.29. The molecule has 1 aromatic carbocycles. The largest absolute Gasteiger partial charge is 0.393 e. The van der Waals surface area contributed by atoms with Crippen molar-refractivity contribution >= 4 is 11.6 Å². The molecule has 0 aliphatic rings. The number of hydrogen-bond acceptors (Lipinski definition) is 2. The predicted octanol–water partition coefficient (Wildman–Crippen LogP) is 3.71. The molecule has 0 fully saturated rings. The fraction of sp³-hybridized carbons (Fsp3) is 0.625. The average molecular weight is 284 g/mol. The molecule has 0 radical (unpaired) electrons. The first-order chi connectivity index (χ1) is 8.81. The lowest BCUT2D eigenvalue weighted by molar-refractivity contribution is 0.162. The zero-order chi connectivity index (χ0) is 14.5. The van der Waals surface area contributed by atoms with Crippen LogP contribution in [0.15, 0.2) is 24.3 Å². The van der Waals surface area contributed by atoms with Crippen LogP contribution in [0.5, 0.6) is 0 Å². The monoisotopic (exact) mass is 283 g/mol. The van der Waals surface area contributed by atoms with Crippen LogP contribution in [0, 0.1) is 0 Å². The molecule has 1 N–H and O–H groups in total. The Balaban J connectivity index is 2.48. The van der Waals surface area contributed by atoms with E-state index in [0.717, 1.165) is 31.0 Å². The van der Waals surface area contributed by atoms with Gasteiger partial charge >= 0.3 is 0 Å². The van der Waals surface area contributed by atoms with Crippen LogP contribution in [0.1, 0.15) is 39.2 Å². The Kier molecular flexibility index (Phi) is 6.31. The molecule has 0 heterocycles. The Labute approximate surface area is 122 Å². The number of hydrogen-bond donors (Lipinski definition) is 1. The van der Waals surface area contributed by atoms with E-state index in [0.29, 0.717) is 0 Å². The van der Waals surface area contributed by atoms with E-state index in [4.69, 9.17) is 11.6 Å². The number of halogens is 1. The minimum absolute atomic E-state index is 0.143. The second-order valence-electron chi connectivity index (χ2n) is 6.08. The van der Waals surface area contributed by atoms with Crippen LogP contribution in [-0.4, -0.2) is 36.2 Å². The first-order valence-corrected chi connectivity index (χ1v) is 7.32. The van der Waals surface area contributed by atoms with E-state index in [1.807, 2.05) is 19.1 Å². The predicted molar refractivity (Wildman–Crippen MR) is 82.9 cm³/mol. The number of aliphatic hydroxyl groups excluding tert-OH is 1. The molecule has 0 saturated heterocycles. The first kappa shape index (κ1) is 16.5. The summed E-state index contributed by atoms with van der Waals surface area (Å²) < 4.78 is 0. The van der Waals surface area contributed by atoms with Gasteiger partial charge in [0.2, 0.25) is 0 Å². The average Bonchev–Trinajstić information content (AvgIpc) is 2.34. The smallest absolute Gasteiger partial charge is 0.0524 e. The summed E-state index contributed by atoms with van der Waals surface area (Å²) in [6.45, 7) is 8.33. The Bertz CT molecular complexity index is 373. The Morgan fingerprint density at radius 2 is 1.79 bits per heavy atom. The molecular weight excluding hydrogens is 258 g/mol. The molecule has 0 aliphatic carbocycles. The quantitative estimate of drug-likeness (QED) is 0.825. The summed E-state index contributed by atoms with van der Waals surface area (Å²) >= 11 is 5.93. The molecule has 0 bridgehead atoms. The van der Waals surface area contributed by atoms with E-state index in [-0.39, 0.29) is 11.5 Å². The molecule has 0 amide bonds.